The lowest BCUT2D eigenvalue weighted by Gasteiger charge is -2.19. The van der Waals surface area contributed by atoms with Gasteiger partial charge in [-0.3, -0.25) is 0 Å². The van der Waals surface area contributed by atoms with Crippen LogP contribution in [0.3, 0.4) is 0 Å². The molecule has 0 aliphatic carbocycles. The molecule has 15 heavy (non-hydrogen) atoms. The number of carbonyl (C=O) groups is 1. The van der Waals surface area contributed by atoms with Gasteiger partial charge in [-0.05, 0) is 32.1 Å². The van der Waals surface area contributed by atoms with Crippen LogP contribution in [0.1, 0.15) is 46.0 Å². The number of aliphatic carboxylic acids is 1. The Bertz CT molecular complexity index is 209. The molecule has 0 rings (SSSR count). The molecule has 3 nitrogen and oxygen atoms in total. The van der Waals surface area contributed by atoms with E-state index in [2.05, 4.69) is 13.5 Å². The summed E-state index contributed by atoms with van der Waals surface area (Å²) in [5.74, 6) is -0.740. The van der Waals surface area contributed by atoms with Gasteiger partial charge in [-0.1, -0.05) is 26.3 Å². The fourth-order valence-corrected chi connectivity index (χ4v) is 1.56. The fourth-order valence-electron chi connectivity index (χ4n) is 1.56. The molecule has 0 aliphatic heterocycles. The van der Waals surface area contributed by atoms with Crippen molar-refractivity contribution in [1.29, 1.82) is 0 Å². The second-order valence-electron chi connectivity index (χ2n) is 4.09. The zero-order valence-corrected chi connectivity index (χ0v) is 9.70. The van der Waals surface area contributed by atoms with Crippen LogP contribution in [0.25, 0.3) is 0 Å². The summed E-state index contributed by atoms with van der Waals surface area (Å²) in [5, 5.41) is 18.2. The first-order valence-corrected chi connectivity index (χ1v) is 5.58. The number of carboxylic acid groups (broad SMARTS) is 1. The lowest BCUT2D eigenvalue weighted by Crippen LogP contribution is -2.17. The lowest BCUT2D eigenvalue weighted by atomic mass is 9.91. The molecule has 0 aromatic heterocycles. The number of unbranched alkanes of at least 4 members (excludes halogenated alkanes) is 1. The van der Waals surface area contributed by atoms with Crippen molar-refractivity contribution in [3.05, 3.63) is 12.2 Å². The summed E-state index contributed by atoms with van der Waals surface area (Å²) >= 11 is 0. The molecule has 2 unspecified atom stereocenters. The molecule has 0 saturated heterocycles. The Morgan fingerprint density at radius 3 is 2.40 bits per heavy atom. The van der Waals surface area contributed by atoms with Gasteiger partial charge in [0.1, 0.15) is 0 Å². The molecule has 0 heterocycles. The van der Waals surface area contributed by atoms with Crippen LogP contribution in [-0.2, 0) is 4.79 Å². The highest BCUT2D eigenvalue weighted by Gasteiger charge is 2.15. The molecule has 0 saturated carbocycles. The zero-order chi connectivity index (χ0) is 11.8. The maximum absolute atomic E-state index is 10.5. The van der Waals surface area contributed by atoms with Crippen LogP contribution in [0.5, 0.6) is 0 Å². The second-order valence-corrected chi connectivity index (χ2v) is 4.09. The van der Waals surface area contributed by atoms with Gasteiger partial charge in [0, 0.05) is 5.57 Å². The molecule has 2 atom stereocenters. The molecule has 0 bridgehead atoms. The summed E-state index contributed by atoms with van der Waals surface area (Å²) in [4.78, 5) is 10.5. The molecule has 3 heteroatoms. The molecule has 0 fully saturated rings. The molecular formula is C12H22O3. The standard InChI is InChI=1S/C12H22O3/c1-4-5-6-11(10(3)13)8-7-9(2)12(14)15/h10-11,13H,2,4-8H2,1,3H3,(H,14,15). The highest BCUT2D eigenvalue weighted by atomic mass is 16.4. The monoisotopic (exact) mass is 214 g/mol. The van der Waals surface area contributed by atoms with E-state index in [-0.39, 0.29) is 17.6 Å². The van der Waals surface area contributed by atoms with E-state index in [1.807, 2.05) is 0 Å². The van der Waals surface area contributed by atoms with E-state index in [0.717, 1.165) is 19.3 Å². The lowest BCUT2D eigenvalue weighted by molar-refractivity contribution is -0.132. The number of aliphatic hydroxyl groups is 1. The molecule has 0 aromatic rings. The summed E-state index contributed by atoms with van der Waals surface area (Å²) in [6.45, 7) is 7.36. The Balaban J connectivity index is 3.95. The van der Waals surface area contributed by atoms with Gasteiger partial charge in [0.15, 0.2) is 0 Å². The van der Waals surface area contributed by atoms with Crippen LogP contribution < -0.4 is 0 Å². The van der Waals surface area contributed by atoms with Crippen molar-refractivity contribution < 1.29 is 15.0 Å². The van der Waals surface area contributed by atoms with Gasteiger partial charge >= 0.3 is 5.97 Å². The first-order valence-electron chi connectivity index (χ1n) is 5.58. The van der Waals surface area contributed by atoms with Gasteiger partial charge in [-0.25, -0.2) is 4.79 Å². The summed E-state index contributed by atoms with van der Waals surface area (Å²) in [5.41, 5.74) is 0.233. The van der Waals surface area contributed by atoms with E-state index >= 15 is 0 Å². The summed E-state index contributed by atoms with van der Waals surface area (Å²) in [7, 11) is 0. The van der Waals surface area contributed by atoms with Crippen molar-refractivity contribution in [2.45, 2.75) is 52.1 Å². The minimum atomic E-state index is -0.935. The number of aliphatic hydroxyl groups excluding tert-OH is 1. The third-order valence-corrected chi connectivity index (χ3v) is 2.73. The highest BCUT2D eigenvalue weighted by Crippen LogP contribution is 2.21. The molecule has 0 amide bonds. The van der Waals surface area contributed by atoms with E-state index in [4.69, 9.17) is 5.11 Å². The summed E-state index contributed by atoms with van der Waals surface area (Å²) in [6.07, 6.45) is 3.95. The Morgan fingerprint density at radius 1 is 1.40 bits per heavy atom. The Labute approximate surface area is 91.8 Å². The summed E-state index contributed by atoms with van der Waals surface area (Å²) < 4.78 is 0. The van der Waals surface area contributed by atoms with E-state index in [0.29, 0.717) is 12.8 Å². The molecule has 0 aliphatic rings. The van der Waals surface area contributed by atoms with Gasteiger partial charge in [0.05, 0.1) is 6.10 Å². The Kier molecular flexibility index (Phi) is 7.05. The minimum Gasteiger partial charge on any atom is -0.478 e. The predicted molar refractivity (Wildman–Crippen MR) is 60.7 cm³/mol. The zero-order valence-electron chi connectivity index (χ0n) is 9.70. The van der Waals surface area contributed by atoms with Crippen LogP contribution in [-0.4, -0.2) is 22.3 Å². The minimum absolute atomic E-state index is 0.195. The van der Waals surface area contributed by atoms with Crippen molar-refractivity contribution in [3.8, 4) is 0 Å². The maximum Gasteiger partial charge on any atom is 0.330 e. The van der Waals surface area contributed by atoms with Crippen LogP contribution in [0.4, 0.5) is 0 Å². The molecule has 0 aromatic carbocycles. The van der Waals surface area contributed by atoms with Gasteiger partial charge in [-0.2, -0.15) is 0 Å². The third-order valence-electron chi connectivity index (χ3n) is 2.73. The van der Waals surface area contributed by atoms with Crippen LogP contribution in [0, 0.1) is 5.92 Å². The number of hydrogen-bond donors (Lipinski definition) is 2. The quantitative estimate of drug-likeness (QED) is 0.611. The van der Waals surface area contributed by atoms with Crippen molar-refractivity contribution in [2.75, 3.05) is 0 Å². The normalized spacial score (nSPS) is 14.6. The Morgan fingerprint density at radius 2 is 2.00 bits per heavy atom. The Hall–Kier alpha value is -0.830. The van der Waals surface area contributed by atoms with Crippen LogP contribution in [0.2, 0.25) is 0 Å². The van der Waals surface area contributed by atoms with E-state index in [1.165, 1.54) is 0 Å². The number of hydrogen-bond acceptors (Lipinski definition) is 2. The predicted octanol–water partition coefficient (Wildman–Crippen LogP) is 2.59. The first kappa shape index (κ1) is 14.2. The van der Waals surface area contributed by atoms with Crippen molar-refractivity contribution in [1.82, 2.24) is 0 Å². The van der Waals surface area contributed by atoms with E-state index < -0.39 is 5.97 Å². The molecule has 0 radical (unpaired) electrons. The smallest absolute Gasteiger partial charge is 0.330 e. The van der Waals surface area contributed by atoms with Crippen molar-refractivity contribution in [3.63, 3.8) is 0 Å². The first-order chi connectivity index (χ1) is 6.99. The average Bonchev–Trinajstić information content (AvgIpc) is 2.16. The fraction of sp³-hybridized carbons (Fsp3) is 0.750. The second kappa shape index (κ2) is 7.46. The maximum atomic E-state index is 10.5. The SMILES string of the molecule is C=C(CCC(CCCC)C(C)O)C(=O)O. The molecule has 0 spiro atoms. The van der Waals surface area contributed by atoms with E-state index in [1.54, 1.807) is 6.92 Å². The van der Waals surface area contributed by atoms with Gasteiger partial charge in [0.25, 0.3) is 0 Å². The third kappa shape index (κ3) is 6.28. The average molecular weight is 214 g/mol. The van der Waals surface area contributed by atoms with Crippen molar-refractivity contribution >= 4 is 5.97 Å². The van der Waals surface area contributed by atoms with Crippen LogP contribution in [0.15, 0.2) is 12.2 Å². The van der Waals surface area contributed by atoms with Crippen LogP contribution >= 0.6 is 0 Å². The largest absolute Gasteiger partial charge is 0.478 e. The number of rotatable bonds is 8. The van der Waals surface area contributed by atoms with Crippen molar-refractivity contribution in [2.24, 2.45) is 5.92 Å². The van der Waals surface area contributed by atoms with Gasteiger partial charge in [-0.15, -0.1) is 0 Å². The number of carboxylic acids is 1. The topological polar surface area (TPSA) is 57.5 Å². The highest BCUT2D eigenvalue weighted by molar-refractivity contribution is 5.85. The molecular weight excluding hydrogens is 192 g/mol. The molecule has 88 valence electrons. The summed E-state index contributed by atoms with van der Waals surface area (Å²) in [6, 6.07) is 0. The van der Waals surface area contributed by atoms with Gasteiger partial charge < -0.3 is 10.2 Å². The molecule has 2 N–H and O–H groups in total. The van der Waals surface area contributed by atoms with E-state index in [9.17, 15) is 9.90 Å². The van der Waals surface area contributed by atoms with Gasteiger partial charge in [0.2, 0.25) is 0 Å².